The summed E-state index contributed by atoms with van der Waals surface area (Å²) >= 11 is 0. The summed E-state index contributed by atoms with van der Waals surface area (Å²) in [6.45, 7) is 4.34. The van der Waals surface area contributed by atoms with Crippen molar-refractivity contribution in [1.82, 2.24) is 23.3 Å². The van der Waals surface area contributed by atoms with Crippen molar-refractivity contribution in [1.29, 1.82) is 0 Å². The fourth-order valence-electron chi connectivity index (χ4n) is 4.84. The van der Waals surface area contributed by atoms with Gasteiger partial charge in [-0.15, -0.1) is 0 Å². The number of nitrogens with one attached hydrogen (secondary N) is 1. The summed E-state index contributed by atoms with van der Waals surface area (Å²) in [5, 5.41) is 0. The van der Waals surface area contributed by atoms with Gasteiger partial charge >= 0.3 is 5.69 Å². The molecule has 0 amide bonds. The number of sulfonamides is 1. The second kappa shape index (κ2) is 9.20. The second-order valence-corrected chi connectivity index (χ2v) is 11.1. The Morgan fingerprint density at radius 2 is 1.50 bits per heavy atom. The maximum Gasteiger partial charge on any atom is 0.331 e. The molecule has 3 heterocycles. The van der Waals surface area contributed by atoms with Crippen molar-refractivity contribution < 1.29 is 8.42 Å². The zero-order chi connectivity index (χ0) is 25.6. The Morgan fingerprint density at radius 1 is 0.861 bits per heavy atom. The van der Waals surface area contributed by atoms with Gasteiger partial charge in [0.15, 0.2) is 0 Å². The summed E-state index contributed by atoms with van der Waals surface area (Å²) in [5.41, 5.74) is 2.60. The molecule has 2 aromatic heterocycles. The van der Waals surface area contributed by atoms with Gasteiger partial charge in [0.2, 0.25) is 10.0 Å². The fourth-order valence-corrected chi connectivity index (χ4v) is 6.26. The van der Waals surface area contributed by atoms with Gasteiger partial charge in [-0.25, -0.2) is 13.2 Å². The Labute approximate surface area is 209 Å². The van der Waals surface area contributed by atoms with Crippen LogP contribution in [0.4, 0.5) is 0 Å². The number of nitrogens with zero attached hydrogens (tertiary/aromatic N) is 4. The maximum atomic E-state index is 13.3. The van der Waals surface area contributed by atoms with E-state index in [9.17, 15) is 18.0 Å². The second-order valence-electron chi connectivity index (χ2n) is 9.20. The number of hydrogen-bond donors (Lipinski definition) is 1. The molecular formula is C26H29N5O4S. The molecule has 1 aliphatic heterocycles. The molecule has 0 radical (unpaired) electrons. The standard InChI is InChI=1S/C26H29N5O4S/c1-18(19-7-5-4-6-8-19)30-13-15-31(16-14-30)36(34,35)21-11-9-20(10-12-21)22-17-23-24(27-22)25(32)29(3)26(33)28(23)2/h4-12,17-18,27H,13-16H2,1-3H3. The predicted octanol–water partition coefficient (Wildman–Crippen LogP) is 2.30. The van der Waals surface area contributed by atoms with Crippen LogP contribution in [0.25, 0.3) is 22.3 Å². The summed E-state index contributed by atoms with van der Waals surface area (Å²) in [6.07, 6.45) is 0. The van der Waals surface area contributed by atoms with E-state index < -0.39 is 21.3 Å². The third-order valence-corrected chi connectivity index (χ3v) is 9.07. The van der Waals surface area contributed by atoms with Gasteiger partial charge in [0.25, 0.3) is 5.56 Å². The number of aryl methyl sites for hydroxylation is 1. The lowest BCUT2D eigenvalue weighted by molar-refractivity contribution is 0.146. The van der Waals surface area contributed by atoms with Crippen LogP contribution in [0.3, 0.4) is 0 Å². The fraction of sp³-hybridized carbons (Fsp3) is 0.308. The van der Waals surface area contributed by atoms with Crippen molar-refractivity contribution in [3.8, 4) is 11.3 Å². The van der Waals surface area contributed by atoms with Crippen molar-refractivity contribution in [2.45, 2.75) is 17.9 Å². The highest BCUT2D eigenvalue weighted by Crippen LogP contribution is 2.27. The molecule has 5 rings (SSSR count). The first-order chi connectivity index (χ1) is 17.2. The average molecular weight is 508 g/mol. The molecule has 4 aromatic rings. The average Bonchev–Trinajstić information content (AvgIpc) is 3.37. The molecule has 10 heteroatoms. The molecule has 9 nitrogen and oxygen atoms in total. The Bertz CT molecular complexity index is 1630. The minimum absolute atomic E-state index is 0.225. The van der Waals surface area contributed by atoms with Crippen LogP contribution in [0.1, 0.15) is 18.5 Å². The monoisotopic (exact) mass is 507 g/mol. The SMILES string of the molecule is CC(c1ccccc1)N1CCN(S(=O)(=O)c2ccc(-c3cc4c([nH]3)c(=O)n(C)c(=O)n4C)cc2)CC1. The highest BCUT2D eigenvalue weighted by molar-refractivity contribution is 7.89. The van der Waals surface area contributed by atoms with E-state index in [1.165, 1.54) is 17.2 Å². The lowest BCUT2D eigenvalue weighted by Gasteiger charge is -2.37. The number of H-pyrrole nitrogens is 1. The van der Waals surface area contributed by atoms with Crippen LogP contribution in [0.5, 0.6) is 0 Å². The molecule has 0 aliphatic carbocycles. The van der Waals surface area contributed by atoms with Gasteiger partial charge in [-0.3, -0.25) is 18.8 Å². The van der Waals surface area contributed by atoms with E-state index in [0.29, 0.717) is 42.9 Å². The minimum Gasteiger partial charge on any atom is -0.349 e. The van der Waals surface area contributed by atoms with Crippen LogP contribution in [0.15, 0.2) is 75.1 Å². The van der Waals surface area contributed by atoms with Crippen molar-refractivity contribution in [3.63, 3.8) is 0 Å². The highest BCUT2D eigenvalue weighted by Gasteiger charge is 2.30. The molecule has 0 spiro atoms. The third kappa shape index (κ3) is 4.11. The van der Waals surface area contributed by atoms with Gasteiger partial charge in [0.05, 0.1) is 10.4 Å². The summed E-state index contributed by atoms with van der Waals surface area (Å²) in [6, 6.07) is 18.8. The van der Waals surface area contributed by atoms with Crippen molar-refractivity contribution in [2.24, 2.45) is 14.1 Å². The number of aromatic amines is 1. The Morgan fingerprint density at radius 3 is 2.14 bits per heavy atom. The van der Waals surface area contributed by atoms with Crippen LogP contribution in [-0.4, -0.2) is 57.9 Å². The molecular weight excluding hydrogens is 478 g/mol. The summed E-state index contributed by atoms with van der Waals surface area (Å²) in [7, 11) is -0.581. The number of fused-ring (bicyclic) bond motifs is 1. The molecule has 36 heavy (non-hydrogen) atoms. The van der Waals surface area contributed by atoms with Crippen LogP contribution in [0.2, 0.25) is 0 Å². The molecule has 1 unspecified atom stereocenters. The van der Waals surface area contributed by atoms with Gasteiger partial charge in [0.1, 0.15) is 5.52 Å². The Hall–Kier alpha value is -3.47. The number of rotatable bonds is 5. The zero-order valence-electron chi connectivity index (χ0n) is 20.5. The van der Waals surface area contributed by atoms with Crippen LogP contribution >= 0.6 is 0 Å². The van der Waals surface area contributed by atoms with Gasteiger partial charge in [-0.05, 0) is 36.2 Å². The highest BCUT2D eigenvalue weighted by atomic mass is 32.2. The first kappa shape index (κ1) is 24.2. The molecule has 1 aliphatic rings. The molecule has 188 valence electrons. The summed E-state index contributed by atoms with van der Waals surface area (Å²) in [5.74, 6) is 0. The van der Waals surface area contributed by atoms with Crippen LogP contribution in [-0.2, 0) is 24.1 Å². The summed E-state index contributed by atoms with van der Waals surface area (Å²) in [4.78, 5) is 30.3. The zero-order valence-corrected chi connectivity index (χ0v) is 21.3. The van der Waals surface area contributed by atoms with Gasteiger partial charge < -0.3 is 4.98 Å². The van der Waals surface area contributed by atoms with Crippen molar-refractivity contribution in [2.75, 3.05) is 26.2 Å². The summed E-state index contributed by atoms with van der Waals surface area (Å²) < 4.78 is 30.6. The smallest absolute Gasteiger partial charge is 0.331 e. The molecule has 0 bridgehead atoms. The Kier molecular flexibility index (Phi) is 6.19. The van der Waals surface area contributed by atoms with Crippen LogP contribution in [0, 0.1) is 0 Å². The van der Waals surface area contributed by atoms with Gasteiger partial charge in [-0.2, -0.15) is 4.31 Å². The van der Waals surface area contributed by atoms with E-state index in [0.717, 1.165) is 10.1 Å². The number of benzene rings is 2. The number of piperazine rings is 1. The van der Waals surface area contributed by atoms with Gasteiger partial charge in [0, 0.05) is 52.0 Å². The number of hydrogen-bond acceptors (Lipinski definition) is 5. The largest absolute Gasteiger partial charge is 0.349 e. The first-order valence-electron chi connectivity index (χ1n) is 11.9. The van der Waals surface area contributed by atoms with E-state index in [1.54, 1.807) is 41.7 Å². The third-order valence-electron chi connectivity index (χ3n) is 7.16. The molecule has 1 N–H and O–H groups in total. The molecule has 1 atom stereocenters. The van der Waals surface area contributed by atoms with E-state index in [1.807, 2.05) is 18.2 Å². The van der Waals surface area contributed by atoms with E-state index in [4.69, 9.17) is 0 Å². The Balaban J connectivity index is 1.34. The molecule has 1 saturated heterocycles. The first-order valence-corrected chi connectivity index (χ1v) is 13.3. The van der Waals surface area contributed by atoms with E-state index >= 15 is 0 Å². The molecule has 2 aromatic carbocycles. The predicted molar refractivity (Wildman–Crippen MR) is 139 cm³/mol. The van der Waals surface area contributed by atoms with E-state index in [-0.39, 0.29) is 10.9 Å². The van der Waals surface area contributed by atoms with Crippen molar-refractivity contribution in [3.05, 3.63) is 87.1 Å². The van der Waals surface area contributed by atoms with Gasteiger partial charge in [-0.1, -0.05) is 42.5 Å². The minimum atomic E-state index is -3.63. The number of aromatic nitrogens is 3. The molecule has 1 fully saturated rings. The molecule has 0 saturated carbocycles. The topological polar surface area (TPSA) is 100 Å². The normalized spacial score (nSPS) is 16.4. The lowest BCUT2D eigenvalue weighted by Crippen LogP contribution is -2.49. The van der Waals surface area contributed by atoms with Crippen LogP contribution < -0.4 is 11.2 Å². The van der Waals surface area contributed by atoms with Crippen molar-refractivity contribution >= 4 is 21.1 Å². The lowest BCUT2D eigenvalue weighted by atomic mass is 10.1. The quantitative estimate of drug-likeness (QED) is 0.447. The maximum absolute atomic E-state index is 13.3. The van der Waals surface area contributed by atoms with E-state index in [2.05, 4.69) is 28.9 Å².